The molecule has 0 saturated carbocycles. The monoisotopic (exact) mass is 604 g/mol. The molecular formula is C32H32N2O10. The van der Waals surface area contributed by atoms with Gasteiger partial charge in [-0.25, -0.2) is 9.59 Å². The van der Waals surface area contributed by atoms with Crippen molar-refractivity contribution in [1.29, 1.82) is 0 Å². The van der Waals surface area contributed by atoms with Crippen LogP contribution in [0, 0.1) is 10.1 Å². The first-order chi connectivity index (χ1) is 20.9. The number of para-hydroxylation sites is 1. The number of allylic oxidation sites excluding steroid dienone is 2. The topological polar surface area (TPSA) is 175 Å². The molecule has 0 unspecified atom stereocenters. The lowest BCUT2D eigenvalue weighted by molar-refractivity contribution is -0.385. The van der Waals surface area contributed by atoms with Crippen LogP contribution in [0.1, 0.15) is 41.3 Å². The molecule has 12 heteroatoms. The number of benzene rings is 3. The van der Waals surface area contributed by atoms with E-state index in [2.05, 4.69) is 5.32 Å². The number of nitrogens with zero attached hydrogens (tertiary/aromatic N) is 1. The quantitative estimate of drug-likeness (QED) is 0.141. The van der Waals surface area contributed by atoms with Crippen molar-refractivity contribution < 1.29 is 43.7 Å². The van der Waals surface area contributed by atoms with Gasteiger partial charge in [0.05, 0.1) is 48.9 Å². The van der Waals surface area contributed by atoms with E-state index in [4.69, 9.17) is 14.2 Å². The number of hydrogen-bond donors (Lipinski definition) is 3. The highest BCUT2D eigenvalue weighted by Gasteiger charge is 2.40. The normalized spacial score (nSPS) is 12.8. The lowest BCUT2D eigenvalue weighted by Crippen LogP contribution is -2.32. The van der Waals surface area contributed by atoms with Gasteiger partial charge in [0.1, 0.15) is 17.2 Å². The summed E-state index contributed by atoms with van der Waals surface area (Å²) in [7, 11) is 4.00. The molecule has 0 saturated heterocycles. The lowest BCUT2D eigenvalue weighted by atomic mass is 9.79. The summed E-state index contributed by atoms with van der Waals surface area (Å²) in [5.41, 5.74) is 2.23. The van der Waals surface area contributed by atoms with Crippen LogP contribution in [0.15, 0.2) is 89.3 Å². The molecule has 1 heterocycles. The summed E-state index contributed by atoms with van der Waals surface area (Å²) in [5, 5.41) is 33.2. The Balaban J connectivity index is 0.000000249. The van der Waals surface area contributed by atoms with Gasteiger partial charge >= 0.3 is 11.9 Å². The predicted octanol–water partition coefficient (Wildman–Crippen LogP) is 4.71. The van der Waals surface area contributed by atoms with Gasteiger partial charge in [0.15, 0.2) is 5.78 Å². The maximum absolute atomic E-state index is 12.3. The fourth-order valence-electron chi connectivity index (χ4n) is 4.74. The number of nitro benzene ring substituents is 1. The average Bonchev–Trinajstić information content (AvgIpc) is 3.00. The van der Waals surface area contributed by atoms with Crippen molar-refractivity contribution in [3.8, 4) is 17.2 Å². The van der Waals surface area contributed by atoms with Gasteiger partial charge in [-0.3, -0.25) is 14.9 Å². The van der Waals surface area contributed by atoms with E-state index in [1.54, 1.807) is 51.3 Å². The van der Waals surface area contributed by atoms with Crippen molar-refractivity contribution in [2.24, 2.45) is 0 Å². The Kier molecular flexibility index (Phi) is 10.8. The van der Waals surface area contributed by atoms with E-state index in [1.807, 2.05) is 0 Å². The van der Waals surface area contributed by atoms with Crippen LogP contribution in [0.5, 0.6) is 17.2 Å². The minimum absolute atomic E-state index is 0.0708. The molecule has 12 nitrogen and oxygen atoms in total. The zero-order chi connectivity index (χ0) is 32.6. The Hall–Kier alpha value is -5.65. The SMILES string of the molecule is COC(=O)C1=C(C)NC(C)=C(C(=O)OC)C1c1ccccc1[N+](=O)[O-].COc1ccc(CC(=O)c2ccc(O)cc2O)cc1. The number of nitrogens with one attached hydrogen (secondary N) is 1. The Labute approximate surface area is 253 Å². The number of phenols is 2. The number of rotatable bonds is 8. The van der Waals surface area contributed by atoms with Gasteiger partial charge in [-0.1, -0.05) is 30.3 Å². The number of ether oxygens (including phenoxy) is 3. The smallest absolute Gasteiger partial charge is 0.336 e. The van der Waals surface area contributed by atoms with Gasteiger partial charge in [0, 0.05) is 35.5 Å². The van der Waals surface area contributed by atoms with Crippen LogP contribution >= 0.6 is 0 Å². The number of nitro groups is 1. The molecule has 0 spiro atoms. The summed E-state index contributed by atoms with van der Waals surface area (Å²) >= 11 is 0. The molecule has 3 N–H and O–H groups in total. The molecule has 3 aromatic rings. The number of esters is 2. The second-order valence-electron chi connectivity index (χ2n) is 9.58. The van der Waals surface area contributed by atoms with E-state index in [0.717, 1.165) is 17.4 Å². The number of carbonyl (C=O) groups is 3. The van der Waals surface area contributed by atoms with Crippen LogP contribution < -0.4 is 10.1 Å². The number of carbonyl (C=O) groups excluding carboxylic acids is 3. The highest BCUT2D eigenvalue weighted by molar-refractivity contribution is 6.00. The molecule has 0 fully saturated rings. The van der Waals surface area contributed by atoms with E-state index < -0.39 is 22.8 Å². The van der Waals surface area contributed by atoms with E-state index in [0.29, 0.717) is 11.4 Å². The highest BCUT2D eigenvalue weighted by Crippen LogP contribution is 2.42. The van der Waals surface area contributed by atoms with E-state index in [9.17, 15) is 34.7 Å². The molecule has 0 bridgehead atoms. The van der Waals surface area contributed by atoms with Crippen molar-refractivity contribution >= 4 is 23.4 Å². The maximum atomic E-state index is 12.3. The average molecular weight is 605 g/mol. The Bertz CT molecular complexity index is 1600. The molecule has 0 atom stereocenters. The number of hydrogen-bond acceptors (Lipinski definition) is 11. The first kappa shape index (κ1) is 32.9. The molecule has 3 aromatic carbocycles. The molecule has 1 aliphatic heterocycles. The van der Waals surface area contributed by atoms with Gasteiger partial charge < -0.3 is 29.7 Å². The van der Waals surface area contributed by atoms with Gasteiger partial charge in [-0.2, -0.15) is 0 Å². The largest absolute Gasteiger partial charge is 0.508 e. The molecule has 44 heavy (non-hydrogen) atoms. The second kappa shape index (κ2) is 14.5. The van der Waals surface area contributed by atoms with Crippen LogP contribution in [0.3, 0.4) is 0 Å². The standard InChI is InChI=1S/C17H18N2O6.C15H14O4/c1-9-13(16(20)24-3)15(14(10(2)18-9)17(21)25-4)11-7-5-6-8-12(11)19(22)23;1-19-12-5-2-10(3-6-12)8-14(17)13-7-4-11(16)9-15(13)18/h5-8,15,18H,1-4H3;2-7,9,16,18H,8H2,1H3. The highest BCUT2D eigenvalue weighted by atomic mass is 16.6. The number of dihydropyridines is 1. The van der Waals surface area contributed by atoms with Crippen LogP contribution in [-0.4, -0.2) is 54.2 Å². The van der Waals surface area contributed by atoms with Crippen LogP contribution in [-0.2, 0) is 25.5 Å². The Morgan fingerprint density at radius 1 is 0.864 bits per heavy atom. The fourth-order valence-corrected chi connectivity index (χ4v) is 4.74. The Morgan fingerprint density at radius 2 is 1.43 bits per heavy atom. The molecule has 230 valence electrons. The number of methoxy groups -OCH3 is 3. The van der Waals surface area contributed by atoms with Crippen molar-refractivity contribution in [3.63, 3.8) is 0 Å². The number of phenolic OH excluding ortho intramolecular Hbond substituents is 2. The minimum Gasteiger partial charge on any atom is -0.508 e. The van der Waals surface area contributed by atoms with Crippen molar-refractivity contribution in [2.75, 3.05) is 21.3 Å². The minimum atomic E-state index is -0.970. The summed E-state index contributed by atoms with van der Waals surface area (Å²) in [6, 6.07) is 17.1. The summed E-state index contributed by atoms with van der Waals surface area (Å²) in [6.07, 6.45) is 0.183. The maximum Gasteiger partial charge on any atom is 0.336 e. The second-order valence-corrected chi connectivity index (χ2v) is 9.58. The zero-order valence-corrected chi connectivity index (χ0v) is 24.7. The van der Waals surface area contributed by atoms with Gasteiger partial charge in [0.25, 0.3) is 5.69 Å². The van der Waals surface area contributed by atoms with E-state index >= 15 is 0 Å². The zero-order valence-electron chi connectivity index (χ0n) is 24.7. The van der Waals surface area contributed by atoms with Crippen molar-refractivity contribution in [2.45, 2.75) is 26.2 Å². The van der Waals surface area contributed by atoms with Crippen molar-refractivity contribution in [3.05, 3.63) is 116 Å². The fraction of sp³-hybridized carbons (Fsp3) is 0.219. The molecular weight excluding hydrogens is 572 g/mol. The summed E-state index contributed by atoms with van der Waals surface area (Å²) < 4.78 is 14.7. The first-order valence-corrected chi connectivity index (χ1v) is 13.2. The predicted molar refractivity (Wildman–Crippen MR) is 159 cm³/mol. The Morgan fingerprint density at radius 3 is 1.93 bits per heavy atom. The summed E-state index contributed by atoms with van der Waals surface area (Å²) in [4.78, 5) is 47.6. The summed E-state index contributed by atoms with van der Waals surface area (Å²) in [5.74, 6) is -2.09. The van der Waals surface area contributed by atoms with Crippen LogP contribution in [0.2, 0.25) is 0 Å². The molecule has 1 aliphatic rings. The third-order valence-electron chi connectivity index (χ3n) is 6.82. The van der Waals surface area contributed by atoms with Gasteiger partial charge in [-0.05, 0) is 43.7 Å². The first-order valence-electron chi connectivity index (χ1n) is 13.2. The number of Topliss-reactive ketones (excluding diaryl/α,β-unsaturated/α-hetero) is 1. The number of aromatic hydroxyl groups is 2. The lowest BCUT2D eigenvalue weighted by Gasteiger charge is -2.29. The molecule has 0 aromatic heterocycles. The molecule has 0 amide bonds. The van der Waals surface area contributed by atoms with Crippen molar-refractivity contribution in [1.82, 2.24) is 5.32 Å². The molecule has 4 rings (SSSR count). The van der Waals surface area contributed by atoms with Gasteiger partial charge in [0.2, 0.25) is 0 Å². The summed E-state index contributed by atoms with van der Waals surface area (Å²) in [6.45, 7) is 3.29. The molecule has 0 radical (unpaired) electrons. The van der Waals surface area contributed by atoms with E-state index in [1.165, 1.54) is 44.6 Å². The third-order valence-corrected chi connectivity index (χ3v) is 6.82. The number of ketones is 1. The van der Waals surface area contributed by atoms with Crippen LogP contribution in [0.4, 0.5) is 5.69 Å². The van der Waals surface area contributed by atoms with E-state index in [-0.39, 0.29) is 51.7 Å². The van der Waals surface area contributed by atoms with Gasteiger partial charge in [-0.15, -0.1) is 0 Å². The van der Waals surface area contributed by atoms with Crippen LogP contribution in [0.25, 0.3) is 0 Å². The third kappa shape index (κ3) is 7.40. The molecule has 0 aliphatic carbocycles.